The molecule has 4 heteroatoms. The molecule has 1 aromatic rings. The van der Waals surface area contributed by atoms with Crippen LogP contribution in [-0.2, 0) is 0 Å². The molecular weight excluding hydrogens is 264 g/mol. The van der Waals surface area contributed by atoms with E-state index in [2.05, 4.69) is 20.8 Å². The fraction of sp³-hybridized carbons (Fsp3) is 0.588. The number of nitrogen functional groups attached to an aromatic ring is 1. The predicted molar refractivity (Wildman–Crippen MR) is 85.5 cm³/mol. The maximum atomic E-state index is 12.8. The van der Waals surface area contributed by atoms with Crippen LogP contribution in [0.5, 0.6) is 5.75 Å². The maximum Gasteiger partial charge on any atom is 0.254 e. The molecule has 1 saturated heterocycles. The molecule has 1 heterocycles. The fourth-order valence-electron chi connectivity index (χ4n) is 3.12. The van der Waals surface area contributed by atoms with E-state index in [1.807, 2.05) is 11.8 Å². The number of amides is 1. The third kappa shape index (κ3) is 3.31. The van der Waals surface area contributed by atoms with Gasteiger partial charge in [-0.15, -0.1) is 0 Å². The van der Waals surface area contributed by atoms with E-state index in [0.29, 0.717) is 35.4 Å². The van der Waals surface area contributed by atoms with Crippen LogP contribution in [-0.4, -0.2) is 30.0 Å². The Morgan fingerprint density at radius 1 is 1.38 bits per heavy atom. The average molecular weight is 290 g/mol. The van der Waals surface area contributed by atoms with E-state index in [1.54, 1.807) is 18.2 Å². The summed E-state index contributed by atoms with van der Waals surface area (Å²) in [5.74, 6) is 1.77. The van der Waals surface area contributed by atoms with E-state index in [1.165, 1.54) is 6.42 Å². The van der Waals surface area contributed by atoms with Gasteiger partial charge < -0.3 is 15.4 Å². The molecule has 116 valence electrons. The van der Waals surface area contributed by atoms with E-state index in [9.17, 15) is 4.79 Å². The van der Waals surface area contributed by atoms with Gasteiger partial charge in [0, 0.05) is 18.2 Å². The van der Waals surface area contributed by atoms with Crippen molar-refractivity contribution < 1.29 is 9.53 Å². The Hall–Kier alpha value is -1.71. The SMILES string of the molecule is CCOc1ccc(C(=O)N2CC(C)CC(C)C2C)cc1N. The number of anilines is 1. The van der Waals surface area contributed by atoms with Crippen LogP contribution in [0.4, 0.5) is 5.69 Å². The first kappa shape index (κ1) is 15.7. The lowest BCUT2D eigenvalue weighted by Crippen LogP contribution is -2.48. The van der Waals surface area contributed by atoms with Crippen molar-refractivity contribution in [2.24, 2.45) is 11.8 Å². The summed E-state index contributed by atoms with van der Waals surface area (Å²) in [5, 5.41) is 0. The molecule has 2 N–H and O–H groups in total. The molecule has 21 heavy (non-hydrogen) atoms. The van der Waals surface area contributed by atoms with Crippen molar-refractivity contribution >= 4 is 11.6 Å². The van der Waals surface area contributed by atoms with Gasteiger partial charge in [0.1, 0.15) is 5.75 Å². The van der Waals surface area contributed by atoms with Gasteiger partial charge in [-0.1, -0.05) is 13.8 Å². The zero-order valence-electron chi connectivity index (χ0n) is 13.4. The molecule has 1 aliphatic rings. The second-order valence-electron chi connectivity index (χ2n) is 6.20. The zero-order chi connectivity index (χ0) is 15.6. The minimum absolute atomic E-state index is 0.0654. The van der Waals surface area contributed by atoms with Crippen molar-refractivity contribution in [3.63, 3.8) is 0 Å². The van der Waals surface area contributed by atoms with Crippen molar-refractivity contribution in [3.8, 4) is 5.75 Å². The highest BCUT2D eigenvalue weighted by Gasteiger charge is 2.32. The van der Waals surface area contributed by atoms with E-state index < -0.39 is 0 Å². The first-order valence-corrected chi connectivity index (χ1v) is 7.77. The lowest BCUT2D eigenvalue weighted by molar-refractivity contribution is 0.0456. The second kappa shape index (κ2) is 6.37. The Labute approximate surface area is 127 Å². The Bertz CT molecular complexity index is 516. The van der Waals surface area contributed by atoms with E-state index in [-0.39, 0.29) is 11.9 Å². The summed E-state index contributed by atoms with van der Waals surface area (Å²) in [6, 6.07) is 5.58. The van der Waals surface area contributed by atoms with Gasteiger partial charge in [-0.3, -0.25) is 4.79 Å². The number of carbonyl (C=O) groups excluding carboxylic acids is 1. The van der Waals surface area contributed by atoms with Crippen LogP contribution in [0, 0.1) is 11.8 Å². The van der Waals surface area contributed by atoms with Crippen LogP contribution in [0.3, 0.4) is 0 Å². The maximum absolute atomic E-state index is 12.8. The number of benzene rings is 1. The van der Waals surface area contributed by atoms with E-state index in [0.717, 1.165) is 6.54 Å². The number of carbonyl (C=O) groups is 1. The van der Waals surface area contributed by atoms with Crippen LogP contribution in [0.1, 0.15) is 44.5 Å². The quantitative estimate of drug-likeness (QED) is 0.870. The molecule has 0 spiro atoms. The number of rotatable bonds is 3. The molecule has 0 aromatic heterocycles. The van der Waals surface area contributed by atoms with E-state index in [4.69, 9.17) is 10.5 Å². The third-order valence-electron chi connectivity index (χ3n) is 4.42. The minimum Gasteiger partial charge on any atom is -0.492 e. The van der Waals surface area contributed by atoms with Crippen molar-refractivity contribution in [1.82, 2.24) is 4.90 Å². The Balaban J connectivity index is 2.21. The summed E-state index contributed by atoms with van der Waals surface area (Å²) in [4.78, 5) is 14.7. The van der Waals surface area contributed by atoms with E-state index >= 15 is 0 Å². The van der Waals surface area contributed by atoms with Gasteiger partial charge in [0.15, 0.2) is 0 Å². The van der Waals surface area contributed by atoms with Gasteiger partial charge in [0.25, 0.3) is 5.91 Å². The molecule has 1 fully saturated rings. The van der Waals surface area contributed by atoms with Gasteiger partial charge in [-0.25, -0.2) is 0 Å². The summed E-state index contributed by atoms with van der Waals surface area (Å²) in [6.07, 6.45) is 1.18. The molecule has 3 unspecified atom stereocenters. The average Bonchev–Trinajstić information content (AvgIpc) is 2.44. The number of nitrogens with zero attached hydrogens (tertiary/aromatic N) is 1. The highest BCUT2D eigenvalue weighted by molar-refractivity contribution is 5.95. The molecule has 0 bridgehead atoms. The Morgan fingerprint density at radius 2 is 2.10 bits per heavy atom. The lowest BCUT2D eigenvalue weighted by Gasteiger charge is -2.41. The van der Waals surface area contributed by atoms with Crippen molar-refractivity contribution in [1.29, 1.82) is 0 Å². The molecule has 1 aromatic carbocycles. The van der Waals surface area contributed by atoms with Crippen LogP contribution in [0.15, 0.2) is 18.2 Å². The molecule has 1 amide bonds. The normalized spacial score (nSPS) is 25.7. The van der Waals surface area contributed by atoms with Crippen LogP contribution < -0.4 is 10.5 Å². The molecular formula is C17H26N2O2. The zero-order valence-corrected chi connectivity index (χ0v) is 13.4. The predicted octanol–water partition coefficient (Wildman–Crippen LogP) is 3.17. The van der Waals surface area contributed by atoms with Crippen molar-refractivity contribution in [2.75, 3.05) is 18.9 Å². The number of hydrogen-bond acceptors (Lipinski definition) is 3. The monoisotopic (exact) mass is 290 g/mol. The second-order valence-corrected chi connectivity index (χ2v) is 6.20. The first-order valence-electron chi connectivity index (χ1n) is 7.77. The van der Waals surface area contributed by atoms with Crippen LogP contribution in [0.25, 0.3) is 0 Å². The number of piperidine rings is 1. The standard InChI is InChI=1S/C17H26N2O2/c1-5-21-16-7-6-14(9-15(16)18)17(20)19-10-11(2)8-12(3)13(19)4/h6-7,9,11-13H,5,8,10,18H2,1-4H3. The molecule has 0 radical (unpaired) electrons. The molecule has 0 aliphatic carbocycles. The Kier molecular flexibility index (Phi) is 4.76. The summed E-state index contributed by atoms with van der Waals surface area (Å²) < 4.78 is 5.42. The highest BCUT2D eigenvalue weighted by Crippen LogP contribution is 2.29. The molecule has 0 saturated carbocycles. The highest BCUT2D eigenvalue weighted by atomic mass is 16.5. The number of likely N-dealkylation sites (tertiary alicyclic amines) is 1. The van der Waals surface area contributed by atoms with Gasteiger partial charge in [0.2, 0.25) is 0 Å². The number of nitrogens with two attached hydrogens (primary N) is 1. The third-order valence-corrected chi connectivity index (χ3v) is 4.42. The summed E-state index contributed by atoms with van der Waals surface area (Å²) in [5.41, 5.74) is 7.13. The summed E-state index contributed by atoms with van der Waals surface area (Å²) in [7, 11) is 0. The van der Waals surface area contributed by atoms with Crippen LogP contribution in [0.2, 0.25) is 0 Å². The van der Waals surface area contributed by atoms with Crippen molar-refractivity contribution in [2.45, 2.75) is 40.2 Å². The summed E-state index contributed by atoms with van der Waals surface area (Å²) >= 11 is 0. The largest absolute Gasteiger partial charge is 0.492 e. The number of ether oxygens (including phenoxy) is 1. The summed E-state index contributed by atoms with van der Waals surface area (Å²) in [6.45, 7) is 9.85. The van der Waals surface area contributed by atoms with Crippen molar-refractivity contribution in [3.05, 3.63) is 23.8 Å². The van der Waals surface area contributed by atoms with Gasteiger partial charge in [-0.05, 0) is 50.3 Å². The minimum atomic E-state index is 0.0654. The van der Waals surface area contributed by atoms with Gasteiger partial charge >= 0.3 is 0 Å². The van der Waals surface area contributed by atoms with Crippen LogP contribution >= 0.6 is 0 Å². The first-order chi connectivity index (χ1) is 9.93. The molecule has 1 aliphatic heterocycles. The van der Waals surface area contributed by atoms with Gasteiger partial charge in [0.05, 0.1) is 12.3 Å². The fourth-order valence-corrected chi connectivity index (χ4v) is 3.12. The van der Waals surface area contributed by atoms with Gasteiger partial charge in [-0.2, -0.15) is 0 Å². The Morgan fingerprint density at radius 3 is 2.71 bits per heavy atom. The molecule has 3 atom stereocenters. The number of hydrogen-bond donors (Lipinski definition) is 1. The lowest BCUT2D eigenvalue weighted by atomic mass is 9.85. The topological polar surface area (TPSA) is 55.6 Å². The smallest absolute Gasteiger partial charge is 0.254 e. The molecule has 4 nitrogen and oxygen atoms in total. The molecule has 2 rings (SSSR count).